The third-order valence-electron chi connectivity index (χ3n) is 3.84. The van der Waals surface area contributed by atoms with Crippen molar-refractivity contribution < 1.29 is 5.11 Å². The standard InChI is InChI=1S/C19H23Cl2N3O/c1-3-22-19(23-11-15-6-4-5-7-16(15)12-25)24-13(2)14-8-9-17(20)18(21)10-14/h4-10,13,25H,3,11-12H2,1-2H3,(H2,22,23,24). The zero-order valence-electron chi connectivity index (χ0n) is 14.4. The topological polar surface area (TPSA) is 56.7 Å². The number of halogens is 2. The average Bonchev–Trinajstić information content (AvgIpc) is 2.62. The fourth-order valence-electron chi connectivity index (χ4n) is 2.42. The molecule has 0 bridgehead atoms. The molecule has 2 aromatic rings. The Morgan fingerprint density at radius 3 is 2.48 bits per heavy atom. The lowest BCUT2D eigenvalue weighted by molar-refractivity contribution is 0.280. The monoisotopic (exact) mass is 379 g/mol. The summed E-state index contributed by atoms with van der Waals surface area (Å²) in [5.41, 5.74) is 2.92. The van der Waals surface area contributed by atoms with E-state index >= 15 is 0 Å². The molecule has 0 radical (unpaired) electrons. The van der Waals surface area contributed by atoms with Crippen LogP contribution in [0.25, 0.3) is 0 Å². The van der Waals surface area contributed by atoms with Crippen LogP contribution < -0.4 is 10.6 Å². The van der Waals surface area contributed by atoms with E-state index in [-0.39, 0.29) is 12.6 Å². The minimum Gasteiger partial charge on any atom is -0.392 e. The normalized spacial score (nSPS) is 12.8. The van der Waals surface area contributed by atoms with Gasteiger partial charge < -0.3 is 15.7 Å². The van der Waals surface area contributed by atoms with Gasteiger partial charge in [-0.3, -0.25) is 0 Å². The first kappa shape index (κ1) is 19.6. The fraction of sp³-hybridized carbons (Fsp3) is 0.316. The molecule has 0 aliphatic carbocycles. The molecule has 1 unspecified atom stereocenters. The predicted molar refractivity (Wildman–Crippen MR) is 105 cm³/mol. The third kappa shape index (κ3) is 5.63. The van der Waals surface area contributed by atoms with Gasteiger partial charge >= 0.3 is 0 Å². The number of aliphatic imine (C=N–C) groups is 1. The van der Waals surface area contributed by atoms with E-state index in [1.807, 2.05) is 50.2 Å². The van der Waals surface area contributed by atoms with Gasteiger partial charge in [-0.2, -0.15) is 0 Å². The molecule has 0 spiro atoms. The lowest BCUT2D eigenvalue weighted by Crippen LogP contribution is -2.38. The number of aliphatic hydroxyl groups excluding tert-OH is 1. The Bertz CT molecular complexity index is 734. The minimum absolute atomic E-state index is 0.00926. The van der Waals surface area contributed by atoms with Crippen molar-refractivity contribution >= 4 is 29.2 Å². The summed E-state index contributed by atoms with van der Waals surface area (Å²) in [5.74, 6) is 0.703. The SMILES string of the molecule is CCNC(=NCc1ccccc1CO)NC(C)c1ccc(Cl)c(Cl)c1. The minimum atomic E-state index is 0.00926. The van der Waals surface area contributed by atoms with Crippen LogP contribution in [0.5, 0.6) is 0 Å². The third-order valence-corrected chi connectivity index (χ3v) is 4.58. The number of rotatable bonds is 6. The van der Waals surface area contributed by atoms with Crippen molar-refractivity contribution in [1.82, 2.24) is 10.6 Å². The lowest BCUT2D eigenvalue weighted by atomic mass is 10.1. The van der Waals surface area contributed by atoms with E-state index in [2.05, 4.69) is 15.6 Å². The summed E-state index contributed by atoms with van der Waals surface area (Å²) in [4.78, 5) is 4.62. The van der Waals surface area contributed by atoms with Crippen molar-refractivity contribution in [3.05, 3.63) is 69.2 Å². The van der Waals surface area contributed by atoms with E-state index in [1.165, 1.54) is 0 Å². The molecule has 0 aromatic heterocycles. The van der Waals surface area contributed by atoms with E-state index in [0.717, 1.165) is 23.2 Å². The molecule has 25 heavy (non-hydrogen) atoms. The van der Waals surface area contributed by atoms with Crippen LogP contribution in [0.1, 0.15) is 36.6 Å². The highest BCUT2D eigenvalue weighted by atomic mass is 35.5. The molecule has 0 saturated carbocycles. The van der Waals surface area contributed by atoms with Gasteiger partial charge in [0.25, 0.3) is 0 Å². The average molecular weight is 380 g/mol. The summed E-state index contributed by atoms with van der Waals surface area (Å²) in [5, 5.41) is 17.1. The van der Waals surface area contributed by atoms with Crippen molar-refractivity contribution in [2.45, 2.75) is 33.0 Å². The molecule has 0 aliphatic rings. The summed E-state index contributed by atoms with van der Waals surface area (Å²) >= 11 is 12.1. The Morgan fingerprint density at radius 1 is 1.12 bits per heavy atom. The summed E-state index contributed by atoms with van der Waals surface area (Å²) < 4.78 is 0. The van der Waals surface area contributed by atoms with Gasteiger partial charge in [0.2, 0.25) is 0 Å². The molecule has 0 amide bonds. The van der Waals surface area contributed by atoms with Gasteiger partial charge in [-0.05, 0) is 42.7 Å². The number of hydrogen-bond acceptors (Lipinski definition) is 2. The van der Waals surface area contributed by atoms with Gasteiger partial charge in [0, 0.05) is 6.54 Å². The number of aliphatic hydroxyl groups is 1. The van der Waals surface area contributed by atoms with Crippen molar-refractivity contribution in [2.24, 2.45) is 4.99 Å². The predicted octanol–water partition coefficient (Wildman–Crippen LogP) is 4.30. The van der Waals surface area contributed by atoms with Gasteiger partial charge in [-0.1, -0.05) is 53.5 Å². The maximum atomic E-state index is 9.43. The van der Waals surface area contributed by atoms with Crippen molar-refractivity contribution in [3.63, 3.8) is 0 Å². The molecule has 1 atom stereocenters. The molecule has 6 heteroatoms. The molecular formula is C19H23Cl2N3O. The second-order valence-corrected chi connectivity index (χ2v) is 6.48. The van der Waals surface area contributed by atoms with Crippen LogP contribution in [0.3, 0.4) is 0 Å². The van der Waals surface area contributed by atoms with Crippen molar-refractivity contribution in [3.8, 4) is 0 Å². The summed E-state index contributed by atoms with van der Waals surface area (Å²) in [7, 11) is 0. The van der Waals surface area contributed by atoms with E-state index in [9.17, 15) is 5.11 Å². The maximum Gasteiger partial charge on any atom is 0.192 e. The highest BCUT2D eigenvalue weighted by Gasteiger charge is 2.10. The van der Waals surface area contributed by atoms with E-state index in [4.69, 9.17) is 23.2 Å². The molecule has 0 fully saturated rings. The van der Waals surface area contributed by atoms with Crippen LogP contribution in [-0.4, -0.2) is 17.6 Å². The highest BCUT2D eigenvalue weighted by molar-refractivity contribution is 6.42. The molecule has 3 N–H and O–H groups in total. The Hall–Kier alpha value is -1.75. The first-order valence-electron chi connectivity index (χ1n) is 8.22. The highest BCUT2D eigenvalue weighted by Crippen LogP contribution is 2.25. The molecule has 2 rings (SSSR count). The van der Waals surface area contributed by atoms with Crippen LogP contribution in [-0.2, 0) is 13.2 Å². The largest absolute Gasteiger partial charge is 0.392 e. The Morgan fingerprint density at radius 2 is 1.84 bits per heavy atom. The molecule has 0 saturated heterocycles. The Balaban J connectivity index is 2.12. The quantitative estimate of drug-likeness (QED) is 0.517. The zero-order valence-corrected chi connectivity index (χ0v) is 15.9. The smallest absolute Gasteiger partial charge is 0.192 e. The maximum absolute atomic E-state index is 9.43. The second-order valence-electron chi connectivity index (χ2n) is 5.66. The van der Waals surface area contributed by atoms with Crippen molar-refractivity contribution in [2.75, 3.05) is 6.54 Å². The molecular weight excluding hydrogens is 357 g/mol. The summed E-state index contributed by atoms with van der Waals surface area (Å²) in [6, 6.07) is 13.3. The molecule has 134 valence electrons. The fourth-order valence-corrected chi connectivity index (χ4v) is 2.73. The van der Waals surface area contributed by atoms with E-state index < -0.39 is 0 Å². The van der Waals surface area contributed by atoms with E-state index in [1.54, 1.807) is 6.07 Å². The van der Waals surface area contributed by atoms with Crippen LogP contribution in [0.4, 0.5) is 0 Å². The molecule has 4 nitrogen and oxygen atoms in total. The van der Waals surface area contributed by atoms with Gasteiger partial charge in [0.05, 0.1) is 29.2 Å². The van der Waals surface area contributed by atoms with Crippen LogP contribution >= 0.6 is 23.2 Å². The number of nitrogens with zero attached hydrogens (tertiary/aromatic N) is 1. The zero-order chi connectivity index (χ0) is 18.2. The summed E-state index contributed by atoms with van der Waals surface area (Å²) in [6.45, 7) is 5.30. The second kappa shape index (κ2) is 9.66. The van der Waals surface area contributed by atoms with E-state index in [0.29, 0.717) is 22.5 Å². The first-order valence-corrected chi connectivity index (χ1v) is 8.98. The van der Waals surface area contributed by atoms with Gasteiger partial charge in [-0.25, -0.2) is 4.99 Å². The number of hydrogen-bond donors (Lipinski definition) is 3. The van der Waals surface area contributed by atoms with Crippen LogP contribution in [0, 0.1) is 0 Å². The first-order chi connectivity index (χ1) is 12.0. The molecule has 0 aliphatic heterocycles. The number of guanidine groups is 1. The molecule has 0 heterocycles. The lowest BCUT2D eigenvalue weighted by Gasteiger charge is -2.19. The van der Waals surface area contributed by atoms with Crippen LogP contribution in [0.2, 0.25) is 10.0 Å². The van der Waals surface area contributed by atoms with Crippen LogP contribution in [0.15, 0.2) is 47.5 Å². The van der Waals surface area contributed by atoms with Gasteiger partial charge in [0.15, 0.2) is 5.96 Å². The molecule has 2 aromatic carbocycles. The summed E-state index contributed by atoms with van der Waals surface area (Å²) in [6.07, 6.45) is 0. The van der Waals surface area contributed by atoms with Crippen molar-refractivity contribution in [1.29, 1.82) is 0 Å². The van der Waals surface area contributed by atoms with Gasteiger partial charge in [0.1, 0.15) is 0 Å². The van der Waals surface area contributed by atoms with Gasteiger partial charge in [-0.15, -0.1) is 0 Å². The Kier molecular flexibility index (Phi) is 7.56. The number of nitrogens with one attached hydrogen (secondary N) is 2. The number of benzene rings is 2. The Labute approximate surface area is 158 Å².